The van der Waals surface area contributed by atoms with Gasteiger partial charge in [0.15, 0.2) is 0 Å². The second kappa shape index (κ2) is 21.7. The summed E-state index contributed by atoms with van der Waals surface area (Å²) in [5, 5.41) is 0. The van der Waals surface area contributed by atoms with Gasteiger partial charge in [-0.2, -0.15) is 0 Å². The topological polar surface area (TPSA) is 29.5 Å². The summed E-state index contributed by atoms with van der Waals surface area (Å²) >= 11 is 0. The van der Waals surface area contributed by atoms with E-state index < -0.39 is 0 Å². The molecule has 0 N–H and O–H groups in total. The standard InChI is InChI=1S/C24H49NO2/c1-4-5-6-7-8-9-10-11-12-13-14-15-16-17-18-19-20-21-24(26)27-23-22-25(2)3/h4-23H2,1-3H3. The molecule has 0 aliphatic carbocycles. The largest absolute Gasteiger partial charge is 0.464 e. The smallest absolute Gasteiger partial charge is 0.305 e. The zero-order valence-corrected chi connectivity index (χ0v) is 18.9. The summed E-state index contributed by atoms with van der Waals surface area (Å²) in [6, 6.07) is 0. The van der Waals surface area contributed by atoms with Gasteiger partial charge in [-0.1, -0.05) is 110 Å². The fourth-order valence-corrected chi connectivity index (χ4v) is 3.41. The van der Waals surface area contributed by atoms with Crippen LogP contribution in [0.4, 0.5) is 0 Å². The van der Waals surface area contributed by atoms with Crippen molar-refractivity contribution in [1.29, 1.82) is 0 Å². The third-order valence-corrected chi connectivity index (χ3v) is 5.29. The van der Waals surface area contributed by atoms with E-state index in [1.54, 1.807) is 0 Å². The van der Waals surface area contributed by atoms with Gasteiger partial charge in [0.2, 0.25) is 0 Å². The number of unbranched alkanes of at least 4 members (excludes halogenated alkanes) is 16. The number of rotatable bonds is 21. The molecule has 0 bridgehead atoms. The van der Waals surface area contributed by atoms with Crippen molar-refractivity contribution < 1.29 is 9.53 Å². The second-order valence-electron chi connectivity index (χ2n) is 8.43. The zero-order chi connectivity index (χ0) is 20.0. The first-order valence-corrected chi connectivity index (χ1v) is 12.0. The molecule has 162 valence electrons. The van der Waals surface area contributed by atoms with Gasteiger partial charge in [0.05, 0.1) is 0 Å². The fourth-order valence-electron chi connectivity index (χ4n) is 3.41. The first-order chi connectivity index (χ1) is 13.2. The van der Waals surface area contributed by atoms with Gasteiger partial charge in [-0.3, -0.25) is 4.79 Å². The minimum absolute atomic E-state index is 0.0298. The molecule has 0 saturated heterocycles. The number of hydrogen-bond donors (Lipinski definition) is 0. The summed E-state index contributed by atoms with van der Waals surface area (Å²) in [6.07, 6.45) is 23.8. The van der Waals surface area contributed by atoms with Crippen LogP contribution in [0, 0.1) is 0 Å². The van der Waals surface area contributed by atoms with Gasteiger partial charge < -0.3 is 9.64 Å². The van der Waals surface area contributed by atoms with Gasteiger partial charge in [0, 0.05) is 13.0 Å². The SMILES string of the molecule is CCCCCCCCCCCCCCCCCCCC(=O)OCCN(C)C. The third-order valence-electron chi connectivity index (χ3n) is 5.29. The summed E-state index contributed by atoms with van der Waals surface area (Å²) in [5.74, 6) is -0.0298. The number of carbonyl (C=O) groups excluding carboxylic acids is 1. The highest BCUT2D eigenvalue weighted by molar-refractivity contribution is 5.69. The predicted molar refractivity (Wildman–Crippen MR) is 118 cm³/mol. The average Bonchev–Trinajstić information content (AvgIpc) is 2.64. The van der Waals surface area contributed by atoms with Crippen molar-refractivity contribution in [3.05, 3.63) is 0 Å². The zero-order valence-electron chi connectivity index (χ0n) is 18.9. The number of ether oxygens (including phenoxy) is 1. The van der Waals surface area contributed by atoms with Gasteiger partial charge in [-0.25, -0.2) is 0 Å². The number of nitrogens with zero attached hydrogens (tertiary/aromatic N) is 1. The Kier molecular flexibility index (Phi) is 21.3. The van der Waals surface area contributed by atoms with E-state index in [9.17, 15) is 4.79 Å². The van der Waals surface area contributed by atoms with Crippen molar-refractivity contribution in [2.75, 3.05) is 27.2 Å². The van der Waals surface area contributed by atoms with Crippen molar-refractivity contribution in [2.45, 2.75) is 122 Å². The van der Waals surface area contributed by atoms with Gasteiger partial charge in [0.25, 0.3) is 0 Å². The molecule has 0 rings (SSSR count). The molecular weight excluding hydrogens is 334 g/mol. The minimum Gasteiger partial charge on any atom is -0.464 e. The molecule has 3 nitrogen and oxygen atoms in total. The lowest BCUT2D eigenvalue weighted by atomic mass is 10.0. The molecule has 0 aromatic heterocycles. The van der Waals surface area contributed by atoms with Gasteiger partial charge in [-0.05, 0) is 20.5 Å². The van der Waals surface area contributed by atoms with E-state index in [0.29, 0.717) is 13.0 Å². The Bertz CT molecular complexity index is 305. The molecule has 0 saturated carbocycles. The molecule has 0 aliphatic heterocycles. The predicted octanol–water partition coefficient (Wildman–Crippen LogP) is 7.13. The van der Waals surface area contributed by atoms with Crippen molar-refractivity contribution in [3.63, 3.8) is 0 Å². The molecule has 27 heavy (non-hydrogen) atoms. The summed E-state index contributed by atoms with van der Waals surface area (Å²) in [5.41, 5.74) is 0. The maximum Gasteiger partial charge on any atom is 0.305 e. The second-order valence-corrected chi connectivity index (χ2v) is 8.43. The minimum atomic E-state index is -0.0298. The lowest BCUT2D eigenvalue weighted by molar-refractivity contribution is -0.144. The highest BCUT2D eigenvalue weighted by atomic mass is 16.5. The highest BCUT2D eigenvalue weighted by Gasteiger charge is 2.02. The Labute approximate surface area is 170 Å². The van der Waals surface area contributed by atoms with E-state index in [2.05, 4.69) is 6.92 Å². The molecule has 0 amide bonds. The maximum atomic E-state index is 11.5. The van der Waals surface area contributed by atoms with Crippen LogP contribution in [0.2, 0.25) is 0 Å². The van der Waals surface area contributed by atoms with Gasteiger partial charge in [-0.15, -0.1) is 0 Å². The molecule has 3 heteroatoms. The van der Waals surface area contributed by atoms with Gasteiger partial charge in [0.1, 0.15) is 6.61 Å². The molecule has 0 radical (unpaired) electrons. The van der Waals surface area contributed by atoms with Crippen LogP contribution in [0.5, 0.6) is 0 Å². The molecule has 0 aliphatic rings. The molecule has 0 heterocycles. The van der Waals surface area contributed by atoms with Crippen LogP contribution in [0.1, 0.15) is 122 Å². The average molecular weight is 384 g/mol. The van der Waals surface area contributed by atoms with Crippen LogP contribution in [0.3, 0.4) is 0 Å². The fraction of sp³-hybridized carbons (Fsp3) is 0.958. The van der Waals surface area contributed by atoms with Crippen LogP contribution in [-0.4, -0.2) is 38.1 Å². The van der Waals surface area contributed by atoms with Crippen LogP contribution >= 0.6 is 0 Å². The lowest BCUT2D eigenvalue weighted by Crippen LogP contribution is -2.20. The molecule has 0 atom stereocenters. The van der Waals surface area contributed by atoms with Crippen molar-refractivity contribution in [2.24, 2.45) is 0 Å². The Morgan fingerprint density at radius 1 is 0.630 bits per heavy atom. The molecular formula is C24H49NO2. The summed E-state index contributed by atoms with van der Waals surface area (Å²) < 4.78 is 5.20. The van der Waals surface area contributed by atoms with Crippen LogP contribution in [0.25, 0.3) is 0 Å². The van der Waals surface area contributed by atoms with Crippen LogP contribution < -0.4 is 0 Å². The van der Waals surface area contributed by atoms with Gasteiger partial charge >= 0.3 is 5.97 Å². The van der Waals surface area contributed by atoms with E-state index in [1.807, 2.05) is 19.0 Å². The molecule has 0 aromatic carbocycles. The highest BCUT2D eigenvalue weighted by Crippen LogP contribution is 2.14. The first kappa shape index (κ1) is 26.4. The summed E-state index contributed by atoms with van der Waals surface area (Å²) in [7, 11) is 3.98. The Balaban J connectivity index is 3.09. The van der Waals surface area contributed by atoms with E-state index >= 15 is 0 Å². The molecule has 0 fully saturated rings. The Morgan fingerprint density at radius 2 is 1.00 bits per heavy atom. The van der Waals surface area contributed by atoms with Crippen molar-refractivity contribution in [3.8, 4) is 0 Å². The number of esters is 1. The third kappa shape index (κ3) is 23.4. The van der Waals surface area contributed by atoms with E-state index in [0.717, 1.165) is 13.0 Å². The van der Waals surface area contributed by atoms with Crippen molar-refractivity contribution >= 4 is 5.97 Å². The normalized spacial score (nSPS) is 11.3. The van der Waals surface area contributed by atoms with Crippen LogP contribution in [0.15, 0.2) is 0 Å². The quantitative estimate of drug-likeness (QED) is 0.156. The molecule has 0 spiro atoms. The lowest BCUT2D eigenvalue weighted by Gasteiger charge is -2.09. The molecule has 0 unspecified atom stereocenters. The monoisotopic (exact) mass is 383 g/mol. The Morgan fingerprint density at radius 3 is 1.37 bits per heavy atom. The van der Waals surface area contributed by atoms with E-state index in [-0.39, 0.29) is 5.97 Å². The van der Waals surface area contributed by atoms with Crippen molar-refractivity contribution in [1.82, 2.24) is 4.90 Å². The Hall–Kier alpha value is -0.570. The number of hydrogen-bond acceptors (Lipinski definition) is 3. The van der Waals surface area contributed by atoms with E-state index in [4.69, 9.17) is 4.74 Å². The van der Waals surface area contributed by atoms with E-state index in [1.165, 1.54) is 103 Å². The van der Waals surface area contributed by atoms with Crippen LogP contribution in [-0.2, 0) is 9.53 Å². The number of likely N-dealkylation sites (N-methyl/N-ethyl adjacent to an activating group) is 1. The molecule has 0 aromatic rings. The maximum absolute atomic E-state index is 11.5. The first-order valence-electron chi connectivity index (χ1n) is 12.0. The number of carbonyl (C=O) groups is 1. The summed E-state index contributed by atoms with van der Waals surface area (Å²) in [4.78, 5) is 13.6. The summed E-state index contributed by atoms with van der Waals surface area (Å²) in [6.45, 7) is 3.61.